The van der Waals surface area contributed by atoms with Crippen LogP contribution in [0.15, 0.2) is 0 Å². The fourth-order valence-corrected chi connectivity index (χ4v) is 4.96. The van der Waals surface area contributed by atoms with Gasteiger partial charge in [-0.25, -0.2) is 0 Å². The summed E-state index contributed by atoms with van der Waals surface area (Å²) in [5, 5.41) is 0. The lowest BCUT2D eigenvalue weighted by Gasteiger charge is -2.44. The Kier molecular flexibility index (Phi) is 3.47. The molecule has 1 aliphatic heterocycles. The predicted octanol–water partition coefficient (Wildman–Crippen LogP) is 4.32. The topological polar surface area (TPSA) is 3.24 Å². The number of hydrogen-bond acceptors (Lipinski definition) is 1. The Hall–Kier alpha value is -0.0400. The van der Waals surface area contributed by atoms with Gasteiger partial charge in [-0.1, -0.05) is 33.6 Å². The second kappa shape index (κ2) is 4.81. The average molecular weight is 249 g/mol. The largest absolute Gasteiger partial charge is 0.300 e. The molecule has 2 aliphatic carbocycles. The zero-order valence-electron chi connectivity index (χ0n) is 12.6. The number of hydrogen-bond donors (Lipinski definition) is 0. The van der Waals surface area contributed by atoms with E-state index in [1.54, 1.807) is 12.8 Å². The third-order valence-electron chi connectivity index (χ3n) is 6.72. The second-order valence-corrected chi connectivity index (χ2v) is 7.89. The predicted molar refractivity (Wildman–Crippen MR) is 77.6 cm³/mol. The maximum atomic E-state index is 2.87. The van der Waals surface area contributed by atoms with E-state index in [0.29, 0.717) is 5.41 Å². The highest BCUT2D eigenvalue weighted by molar-refractivity contribution is 4.97. The van der Waals surface area contributed by atoms with Gasteiger partial charge in [0.2, 0.25) is 0 Å². The van der Waals surface area contributed by atoms with E-state index in [0.717, 1.165) is 23.8 Å². The van der Waals surface area contributed by atoms with E-state index in [1.807, 2.05) is 0 Å². The number of nitrogens with zero attached hydrogens (tertiary/aromatic N) is 1. The van der Waals surface area contributed by atoms with Crippen molar-refractivity contribution in [2.24, 2.45) is 23.2 Å². The summed E-state index contributed by atoms with van der Waals surface area (Å²) in [7, 11) is 0. The quantitative estimate of drug-likeness (QED) is 0.720. The van der Waals surface area contributed by atoms with Crippen LogP contribution in [0.1, 0.15) is 65.7 Å². The van der Waals surface area contributed by atoms with Crippen LogP contribution in [0.25, 0.3) is 0 Å². The molecule has 2 bridgehead atoms. The molecule has 0 radical (unpaired) electrons. The van der Waals surface area contributed by atoms with Crippen molar-refractivity contribution in [2.75, 3.05) is 13.1 Å². The Bertz CT molecular complexity index is 288. The lowest BCUT2D eigenvalue weighted by molar-refractivity contribution is 0.0538. The van der Waals surface area contributed by atoms with Gasteiger partial charge in [-0.3, -0.25) is 0 Å². The fourth-order valence-electron chi connectivity index (χ4n) is 4.96. The Morgan fingerprint density at radius 1 is 1.00 bits per heavy atom. The van der Waals surface area contributed by atoms with Crippen molar-refractivity contribution in [3.05, 3.63) is 0 Å². The molecule has 0 amide bonds. The molecule has 18 heavy (non-hydrogen) atoms. The van der Waals surface area contributed by atoms with Gasteiger partial charge in [0.15, 0.2) is 0 Å². The van der Waals surface area contributed by atoms with Crippen molar-refractivity contribution in [3.8, 4) is 0 Å². The van der Waals surface area contributed by atoms with Crippen LogP contribution in [0, 0.1) is 23.2 Å². The summed E-state index contributed by atoms with van der Waals surface area (Å²) in [5.41, 5.74) is 0.570. The summed E-state index contributed by atoms with van der Waals surface area (Å²) in [5.74, 6) is 3.15. The molecular formula is C17H31N. The molecule has 3 atom stereocenters. The molecular weight excluding hydrogens is 218 g/mol. The van der Waals surface area contributed by atoms with Crippen molar-refractivity contribution in [1.82, 2.24) is 4.90 Å². The first-order valence-electron chi connectivity index (χ1n) is 8.34. The van der Waals surface area contributed by atoms with Crippen LogP contribution < -0.4 is 0 Å². The summed E-state index contributed by atoms with van der Waals surface area (Å²) >= 11 is 0. The first kappa shape index (κ1) is 13.0. The minimum Gasteiger partial charge on any atom is -0.300 e. The number of fused-ring (bicyclic) bond motifs is 2. The van der Waals surface area contributed by atoms with Crippen molar-refractivity contribution < 1.29 is 0 Å². The molecule has 0 N–H and O–H groups in total. The molecule has 1 unspecified atom stereocenters. The molecule has 3 fully saturated rings. The number of rotatable bonds is 3. The third-order valence-corrected chi connectivity index (χ3v) is 6.72. The minimum atomic E-state index is 0.570. The molecule has 1 heteroatoms. The van der Waals surface area contributed by atoms with E-state index in [9.17, 15) is 0 Å². The van der Waals surface area contributed by atoms with Crippen LogP contribution in [-0.4, -0.2) is 24.0 Å². The highest BCUT2D eigenvalue weighted by Crippen LogP contribution is 2.48. The van der Waals surface area contributed by atoms with Gasteiger partial charge in [0.1, 0.15) is 0 Å². The van der Waals surface area contributed by atoms with Crippen LogP contribution in [0.2, 0.25) is 0 Å². The van der Waals surface area contributed by atoms with E-state index < -0.39 is 0 Å². The van der Waals surface area contributed by atoms with Gasteiger partial charge in [-0.2, -0.15) is 0 Å². The summed E-state index contributed by atoms with van der Waals surface area (Å²) in [6.07, 6.45) is 10.4. The zero-order chi connectivity index (χ0) is 12.8. The molecule has 3 aliphatic rings. The van der Waals surface area contributed by atoms with E-state index in [4.69, 9.17) is 0 Å². The lowest BCUT2D eigenvalue weighted by atomic mass is 9.72. The number of piperidine rings is 1. The lowest BCUT2D eigenvalue weighted by Crippen LogP contribution is -2.46. The Labute approximate surface area is 113 Å². The second-order valence-electron chi connectivity index (χ2n) is 7.89. The number of likely N-dealkylation sites (tertiary alicyclic amines) is 1. The Morgan fingerprint density at radius 3 is 2.22 bits per heavy atom. The molecule has 1 nitrogen and oxygen atoms in total. The van der Waals surface area contributed by atoms with Crippen molar-refractivity contribution in [2.45, 2.75) is 71.8 Å². The van der Waals surface area contributed by atoms with Crippen molar-refractivity contribution >= 4 is 0 Å². The van der Waals surface area contributed by atoms with Gasteiger partial charge in [0.05, 0.1) is 0 Å². The Morgan fingerprint density at radius 2 is 1.72 bits per heavy atom. The molecule has 0 aromatic heterocycles. The molecule has 0 aromatic carbocycles. The first-order valence-corrected chi connectivity index (χ1v) is 8.34. The molecule has 0 aromatic rings. The van der Waals surface area contributed by atoms with E-state index >= 15 is 0 Å². The van der Waals surface area contributed by atoms with Crippen LogP contribution in [-0.2, 0) is 0 Å². The van der Waals surface area contributed by atoms with Crippen LogP contribution >= 0.6 is 0 Å². The summed E-state index contributed by atoms with van der Waals surface area (Å²) in [6.45, 7) is 10.1. The van der Waals surface area contributed by atoms with E-state index in [1.165, 1.54) is 45.2 Å². The van der Waals surface area contributed by atoms with Crippen LogP contribution in [0.5, 0.6) is 0 Å². The average Bonchev–Trinajstić information content (AvgIpc) is 3.01. The van der Waals surface area contributed by atoms with Gasteiger partial charge in [0.25, 0.3) is 0 Å². The minimum absolute atomic E-state index is 0.570. The smallest absolute Gasteiger partial charge is 0.0126 e. The molecule has 104 valence electrons. The molecule has 0 spiro atoms. The van der Waals surface area contributed by atoms with Gasteiger partial charge >= 0.3 is 0 Å². The zero-order valence-corrected chi connectivity index (χ0v) is 12.6. The molecule has 3 rings (SSSR count). The normalized spacial score (nSPS) is 38.5. The third kappa shape index (κ3) is 2.24. The van der Waals surface area contributed by atoms with Crippen molar-refractivity contribution in [1.29, 1.82) is 0 Å². The maximum absolute atomic E-state index is 2.87. The van der Waals surface area contributed by atoms with Crippen LogP contribution in [0.3, 0.4) is 0 Å². The Balaban J connectivity index is 1.54. The molecule has 1 heterocycles. The summed E-state index contributed by atoms with van der Waals surface area (Å²) < 4.78 is 0. The summed E-state index contributed by atoms with van der Waals surface area (Å²) in [6, 6.07) is 0.981. The standard InChI is InChI=1S/C17H31N/c1-4-17(2,3)15-7-9-18(10-8-15)16-12-13-5-6-14(16)11-13/h13-16H,4-12H2,1-3H3/t13-,14?,16+/m1/s1. The highest BCUT2D eigenvalue weighted by atomic mass is 15.2. The monoisotopic (exact) mass is 249 g/mol. The van der Waals surface area contributed by atoms with E-state index in [2.05, 4.69) is 25.7 Å². The summed E-state index contributed by atoms with van der Waals surface area (Å²) in [4.78, 5) is 2.87. The van der Waals surface area contributed by atoms with Crippen LogP contribution in [0.4, 0.5) is 0 Å². The fraction of sp³-hybridized carbons (Fsp3) is 1.00. The van der Waals surface area contributed by atoms with E-state index in [-0.39, 0.29) is 0 Å². The SMILES string of the molecule is CCC(C)(C)C1CCN([C@H]2C[C@@H]3CCC2C3)CC1. The molecule has 2 saturated carbocycles. The van der Waals surface area contributed by atoms with Gasteiger partial charge in [-0.15, -0.1) is 0 Å². The first-order chi connectivity index (χ1) is 8.60. The van der Waals surface area contributed by atoms with Gasteiger partial charge in [0, 0.05) is 6.04 Å². The maximum Gasteiger partial charge on any atom is 0.0126 e. The highest BCUT2D eigenvalue weighted by Gasteiger charge is 2.43. The van der Waals surface area contributed by atoms with Gasteiger partial charge < -0.3 is 4.90 Å². The van der Waals surface area contributed by atoms with Crippen molar-refractivity contribution in [3.63, 3.8) is 0 Å². The molecule has 1 saturated heterocycles. The van der Waals surface area contributed by atoms with Gasteiger partial charge in [-0.05, 0) is 68.4 Å².